The summed E-state index contributed by atoms with van der Waals surface area (Å²) >= 11 is 0. The standard InChI is InChI=1S/C20H15FN6O3/c1-27-10-13(9-22-27)23-18(28)7-11-2-4-16-14(6-11)24-19(29-16)26-20-25-15-8-12(21)3-5-17(15)30-20/h2-6,8-10H,7H2,1H3,(H,23,28)(H,24,25,26). The maximum atomic E-state index is 13.3. The minimum Gasteiger partial charge on any atom is -0.423 e. The molecule has 0 aliphatic heterocycles. The first kappa shape index (κ1) is 17.9. The highest BCUT2D eigenvalue weighted by atomic mass is 19.1. The number of nitrogens with zero attached hydrogens (tertiary/aromatic N) is 4. The first-order valence-electron chi connectivity index (χ1n) is 9.03. The molecule has 0 aliphatic rings. The van der Waals surface area contributed by atoms with Gasteiger partial charge in [0.05, 0.1) is 18.3 Å². The number of hydrogen-bond donors (Lipinski definition) is 2. The Labute approximate surface area is 168 Å². The smallest absolute Gasteiger partial charge is 0.303 e. The molecule has 3 heterocycles. The lowest BCUT2D eigenvalue weighted by Crippen LogP contribution is -2.13. The average Bonchev–Trinajstić information content (AvgIpc) is 3.39. The Morgan fingerprint density at radius 3 is 2.47 bits per heavy atom. The quantitative estimate of drug-likeness (QED) is 0.457. The van der Waals surface area contributed by atoms with E-state index in [2.05, 4.69) is 25.7 Å². The molecule has 10 heteroatoms. The summed E-state index contributed by atoms with van der Waals surface area (Å²) in [4.78, 5) is 20.7. The summed E-state index contributed by atoms with van der Waals surface area (Å²) in [5.41, 5.74) is 3.35. The van der Waals surface area contributed by atoms with Crippen molar-refractivity contribution in [2.24, 2.45) is 7.05 Å². The van der Waals surface area contributed by atoms with Gasteiger partial charge in [-0.2, -0.15) is 15.1 Å². The van der Waals surface area contributed by atoms with Crippen LogP contribution >= 0.6 is 0 Å². The normalized spacial score (nSPS) is 11.3. The lowest BCUT2D eigenvalue weighted by molar-refractivity contribution is -0.115. The zero-order valence-electron chi connectivity index (χ0n) is 15.7. The predicted molar refractivity (Wildman–Crippen MR) is 107 cm³/mol. The summed E-state index contributed by atoms with van der Waals surface area (Å²) in [5.74, 6) is -0.563. The van der Waals surface area contributed by atoms with Crippen molar-refractivity contribution < 1.29 is 18.0 Å². The topological polar surface area (TPSA) is 111 Å². The third-order valence-corrected chi connectivity index (χ3v) is 4.37. The van der Waals surface area contributed by atoms with E-state index >= 15 is 0 Å². The van der Waals surface area contributed by atoms with Crippen LogP contribution in [0.4, 0.5) is 22.1 Å². The number of carbonyl (C=O) groups excluding carboxylic acids is 1. The van der Waals surface area contributed by atoms with Crippen molar-refractivity contribution in [3.8, 4) is 0 Å². The first-order chi connectivity index (χ1) is 14.5. The Hall–Kier alpha value is -4.21. The molecule has 0 bridgehead atoms. The number of carbonyl (C=O) groups is 1. The molecular weight excluding hydrogens is 391 g/mol. The summed E-state index contributed by atoms with van der Waals surface area (Å²) in [6, 6.07) is 9.68. The number of fused-ring (bicyclic) bond motifs is 2. The molecule has 0 spiro atoms. The lowest BCUT2D eigenvalue weighted by atomic mass is 10.1. The number of rotatable bonds is 5. The number of amides is 1. The molecular formula is C20H15FN6O3. The lowest BCUT2D eigenvalue weighted by Gasteiger charge is -2.02. The van der Waals surface area contributed by atoms with Crippen LogP contribution in [0.5, 0.6) is 0 Å². The van der Waals surface area contributed by atoms with E-state index < -0.39 is 5.82 Å². The molecule has 1 amide bonds. The molecule has 5 rings (SSSR count). The van der Waals surface area contributed by atoms with Crippen molar-refractivity contribution in [2.45, 2.75) is 6.42 Å². The second-order valence-electron chi connectivity index (χ2n) is 6.70. The van der Waals surface area contributed by atoms with E-state index in [1.807, 2.05) is 0 Å². The van der Waals surface area contributed by atoms with Gasteiger partial charge in [-0.15, -0.1) is 0 Å². The molecule has 2 aromatic carbocycles. The highest BCUT2D eigenvalue weighted by Gasteiger charge is 2.13. The summed E-state index contributed by atoms with van der Waals surface area (Å²) in [6.07, 6.45) is 3.48. The highest BCUT2D eigenvalue weighted by Crippen LogP contribution is 2.25. The Balaban J connectivity index is 1.32. The monoisotopic (exact) mass is 406 g/mol. The molecule has 0 atom stereocenters. The van der Waals surface area contributed by atoms with Gasteiger partial charge in [-0.1, -0.05) is 6.07 Å². The summed E-state index contributed by atoms with van der Waals surface area (Å²) < 4.78 is 26.1. The van der Waals surface area contributed by atoms with Gasteiger partial charge in [0, 0.05) is 19.3 Å². The molecule has 0 saturated heterocycles. The number of aromatic nitrogens is 4. The van der Waals surface area contributed by atoms with Gasteiger partial charge < -0.3 is 14.2 Å². The number of aryl methyl sites for hydroxylation is 1. The highest BCUT2D eigenvalue weighted by molar-refractivity contribution is 5.92. The van der Waals surface area contributed by atoms with Crippen LogP contribution < -0.4 is 10.6 Å². The van der Waals surface area contributed by atoms with Gasteiger partial charge >= 0.3 is 12.0 Å². The molecule has 9 nitrogen and oxygen atoms in total. The molecule has 3 aromatic heterocycles. The van der Waals surface area contributed by atoms with E-state index in [1.165, 1.54) is 18.2 Å². The van der Waals surface area contributed by atoms with Crippen molar-refractivity contribution in [1.82, 2.24) is 19.7 Å². The van der Waals surface area contributed by atoms with E-state index in [0.717, 1.165) is 5.56 Å². The summed E-state index contributed by atoms with van der Waals surface area (Å²) in [5, 5.41) is 9.63. The third kappa shape index (κ3) is 3.58. The molecule has 0 radical (unpaired) electrons. The van der Waals surface area contributed by atoms with Gasteiger partial charge in [-0.3, -0.25) is 14.8 Å². The summed E-state index contributed by atoms with van der Waals surface area (Å²) in [7, 11) is 1.78. The summed E-state index contributed by atoms with van der Waals surface area (Å²) in [6.45, 7) is 0. The van der Waals surface area contributed by atoms with Gasteiger partial charge in [0.15, 0.2) is 11.2 Å². The average molecular weight is 406 g/mol. The van der Waals surface area contributed by atoms with E-state index in [-0.39, 0.29) is 24.4 Å². The molecule has 30 heavy (non-hydrogen) atoms. The second kappa shape index (κ2) is 6.99. The van der Waals surface area contributed by atoms with Gasteiger partial charge in [-0.05, 0) is 29.8 Å². The second-order valence-corrected chi connectivity index (χ2v) is 6.70. The number of halogens is 1. The van der Waals surface area contributed by atoms with Crippen molar-refractivity contribution in [1.29, 1.82) is 0 Å². The predicted octanol–water partition coefficient (Wildman–Crippen LogP) is 3.77. The van der Waals surface area contributed by atoms with Crippen LogP contribution in [0.3, 0.4) is 0 Å². The van der Waals surface area contributed by atoms with Gasteiger partial charge in [0.2, 0.25) is 5.91 Å². The number of hydrogen-bond acceptors (Lipinski definition) is 7. The van der Waals surface area contributed by atoms with Crippen molar-refractivity contribution in [3.63, 3.8) is 0 Å². The van der Waals surface area contributed by atoms with E-state index in [0.29, 0.717) is 27.9 Å². The van der Waals surface area contributed by atoms with Crippen molar-refractivity contribution in [2.75, 3.05) is 10.6 Å². The van der Waals surface area contributed by atoms with Crippen LogP contribution in [0.25, 0.3) is 22.2 Å². The number of oxazole rings is 2. The van der Waals surface area contributed by atoms with E-state index in [9.17, 15) is 9.18 Å². The largest absolute Gasteiger partial charge is 0.423 e. The van der Waals surface area contributed by atoms with Gasteiger partial charge in [0.1, 0.15) is 16.9 Å². The molecule has 0 aliphatic carbocycles. The van der Waals surface area contributed by atoms with Gasteiger partial charge in [-0.25, -0.2) is 4.39 Å². The zero-order chi connectivity index (χ0) is 20.7. The number of anilines is 3. The van der Waals surface area contributed by atoms with Crippen molar-refractivity contribution >= 4 is 45.8 Å². The fourth-order valence-corrected chi connectivity index (χ4v) is 3.06. The van der Waals surface area contributed by atoms with Crippen LogP contribution in [0, 0.1) is 5.82 Å². The Morgan fingerprint density at radius 1 is 1.07 bits per heavy atom. The maximum absolute atomic E-state index is 13.3. The Kier molecular flexibility index (Phi) is 4.16. The molecule has 0 unspecified atom stereocenters. The fraction of sp³-hybridized carbons (Fsp3) is 0.100. The first-order valence-corrected chi connectivity index (χ1v) is 9.03. The third-order valence-electron chi connectivity index (χ3n) is 4.37. The Morgan fingerprint density at radius 2 is 1.77 bits per heavy atom. The minimum absolute atomic E-state index is 0.137. The molecule has 2 N–H and O–H groups in total. The van der Waals surface area contributed by atoms with Crippen LogP contribution in [-0.2, 0) is 18.3 Å². The van der Waals surface area contributed by atoms with E-state index in [4.69, 9.17) is 8.83 Å². The number of benzene rings is 2. The van der Waals surface area contributed by atoms with Crippen LogP contribution in [0.2, 0.25) is 0 Å². The molecule has 5 aromatic rings. The fourth-order valence-electron chi connectivity index (χ4n) is 3.06. The SMILES string of the molecule is Cn1cc(NC(=O)Cc2ccc3oc(Nc4nc5cc(F)ccc5o4)nc3c2)cn1. The van der Waals surface area contributed by atoms with Crippen molar-refractivity contribution in [3.05, 3.63) is 60.2 Å². The zero-order valence-corrected chi connectivity index (χ0v) is 15.7. The molecule has 150 valence electrons. The van der Waals surface area contributed by atoms with Gasteiger partial charge in [0.25, 0.3) is 0 Å². The maximum Gasteiger partial charge on any atom is 0.303 e. The van der Waals surface area contributed by atoms with Crippen LogP contribution in [0.15, 0.2) is 57.6 Å². The number of nitrogens with one attached hydrogen (secondary N) is 2. The minimum atomic E-state index is -0.399. The van der Waals surface area contributed by atoms with Crippen LogP contribution in [0.1, 0.15) is 5.56 Å². The Bertz CT molecular complexity index is 1390. The van der Waals surface area contributed by atoms with Crippen LogP contribution in [-0.4, -0.2) is 25.7 Å². The molecule has 0 saturated carbocycles. The van der Waals surface area contributed by atoms with E-state index in [1.54, 1.807) is 42.3 Å². The molecule has 0 fully saturated rings.